The zero-order valence-corrected chi connectivity index (χ0v) is 22.6. The Morgan fingerprint density at radius 1 is 1.00 bits per heavy atom. The van der Waals surface area contributed by atoms with Crippen molar-refractivity contribution < 1.29 is 18.7 Å². The SMILES string of the molecule is CC(C)(C)[Si](C)(C)OC1C(CO)OC(n2ccc(=O)[nH]c2=O)C1O[Si](C)(C)C(C)(C)C. The zero-order valence-electron chi connectivity index (χ0n) is 20.6. The zero-order chi connectivity index (χ0) is 24.0. The van der Waals surface area contributed by atoms with Crippen molar-refractivity contribution in [1.29, 1.82) is 0 Å². The third-order valence-corrected chi connectivity index (χ3v) is 16.0. The monoisotopic (exact) mass is 472 g/mol. The van der Waals surface area contributed by atoms with Crippen molar-refractivity contribution >= 4 is 16.6 Å². The van der Waals surface area contributed by atoms with Gasteiger partial charge in [-0.15, -0.1) is 0 Å². The largest absolute Gasteiger partial charge is 0.408 e. The van der Waals surface area contributed by atoms with E-state index in [2.05, 4.69) is 72.7 Å². The molecule has 0 saturated carbocycles. The molecular weight excluding hydrogens is 432 g/mol. The van der Waals surface area contributed by atoms with E-state index >= 15 is 0 Å². The molecule has 1 aliphatic heterocycles. The molecule has 2 rings (SSSR count). The highest BCUT2D eigenvalue weighted by Crippen LogP contribution is 2.45. The van der Waals surface area contributed by atoms with Crippen LogP contribution < -0.4 is 11.2 Å². The predicted octanol–water partition coefficient (Wildman–Crippen LogP) is 3.21. The van der Waals surface area contributed by atoms with Crippen LogP contribution in [-0.4, -0.2) is 56.2 Å². The standard InChI is InChI=1S/C21H40N2O6Si2/c1-20(2,3)30(7,8)28-16-14(13-24)27-18(23-12-11-15(25)22-19(23)26)17(16)29-31(9,10)21(4,5)6/h11-12,14,16-18,24H,13H2,1-10H3,(H,22,25,26). The number of aliphatic hydroxyl groups is 1. The Balaban J connectivity index is 2.57. The van der Waals surface area contributed by atoms with Crippen molar-refractivity contribution in [3.05, 3.63) is 33.1 Å². The lowest BCUT2D eigenvalue weighted by Gasteiger charge is -2.44. The molecule has 0 radical (unpaired) electrons. The molecule has 2 N–H and O–H groups in total. The van der Waals surface area contributed by atoms with Crippen LogP contribution in [0, 0.1) is 0 Å². The second-order valence-electron chi connectivity index (χ2n) is 11.5. The molecule has 1 aromatic rings. The van der Waals surface area contributed by atoms with Gasteiger partial charge in [-0.1, -0.05) is 41.5 Å². The number of hydrogen-bond donors (Lipinski definition) is 2. The number of ether oxygens (including phenoxy) is 1. The highest BCUT2D eigenvalue weighted by atomic mass is 28.4. The van der Waals surface area contributed by atoms with Crippen LogP contribution in [0.5, 0.6) is 0 Å². The van der Waals surface area contributed by atoms with Gasteiger partial charge in [0, 0.05) is 12.3 Å². The van der Waals surface area contributed by atoms with Crippen molar-refractivity contribution in [2.45, 2.75) is 102 Å². The molecule has 1 aromatic heterocycles. The Morgan fingerprint density at radius 3 is 1.90 bits per heavy atom. The van der Waals surface area contributed by atoms with Gasteiger partial charge in [0.05, 0.1) is 6.61 Å². The van der Waals surface area contributed by atoms with Crippen molar-refractivity contribution in [2.24, 2.45) is 0 Å². The maximum Gasteiger partial charge on any atom is 0.330 e. The van der Waals surface area contributed by atoms with Crippen molar-refractivity contribution in [1.82, 2.24) is 9.55 Å². The summed E-state index contributed by atoms with van der Waals surface area (Å²) in [4.78, 5) is 26.4. The highest BCUT2D eigenvalue weighted by molar-refractivity contribution is 6.74. The molecule has 1 aliphatic rings. The van der Waals surface area contributed by atoms with Gasteiger partial charge in [-0.2, -0.15) is 0 Å². The molecule has 1 saturated heterocycles. The second-order valence-corrected chi connectivity index (χ2v) is 21.0. The summed E-state index contributed by atoms with van der Waals surface area (Å²) >= 11 is 0. The Bertz CT molecular complexity index is 881. The van der Waals surface area contributed by atoms with E-state index in [9.17, 15) is 14.7 Å². The molecule has 2 heterocycles. The molecule has 0 spiro atoms. The van der Waals surface area contributed by atoms with Crippen LogP contribution in [0.15, 0.2) is 21.9 Å². The minimum absolute atomic E-state index is 0.0541. The highest BCUT2D eigenvalue weighted by Gasteiger charge is 2.54. The summed E-state index contributed by atoms with van der Waals surface area (Å²) in [6.45, 7) is 21.2. The number of nitrogens with zero attached hydrogens (tertiary/aromatic N) is 1. The van der Waals surface area contributed by atoms with Gasteiger partial charge >= 0.3 is 5.69 Å². The van der Waals surface area contributed by atoms with Gasteiger partial charge < -0.3 is 18.7 Å². The third-order valence-electron chi connectivity index (χ3n) is 7.06. The summed E-state index contributed by atoms with van der Waals surface area (Å²) in [6, 6.07) is 1.28. The maximum atomic E-state index is 12.6. The van der Waals surface area contributed by atoms with E-state index in [1.54, 1.807) is 0 Å². The van der Waals surface area contributed by atoms with E-state index < -0.39 is 52.4 Å². The minimum Gasteiger partial charge on any atom is -0.408 e. The van der Waals surface area contributed by atoms with E-state index in [1.165, 1.54) is 16.8 Å². The first kappa shape index (κ1) is 26.2. The number of aliphatic hydroxyl groups excluding tert-OH is 1. The normalized spacial score (nSPS) is 25.8. The lowest BCUT2D eigenvalue weighted by atomic mass is 10.1. The first-order chi connectivity index (χ1) is 13.9. The summed E-state index contributed by atoms with van der Waals surface area (Å²) in [5, 5.41) is 9.98. The Kier molecular flexibility index (Phi) is 7.37. The molecule has 0 amide bonds. The topological polar surface area (TPSA) is 103 Å². The van der Waals surface area contributed by atoms with E-state index in [0.29, 0.717) is 0 Å². The predicted molar refractivity (Wildman–Crippen MR) is 126 cm³/mol. The second kappa shape index (κ2) is 8.71. The van der Waals surface area contributed by atoms with Gasteiger partial charge in [-0.3, -0.25) is 14.3 Å². The number of aromatic nitrogens is 2. The van der Waals surface area contributed by atoms with Crippen LogP contribution in [0.4, 0.5) is 0 Å². The minimum atomic E-state index is -2.29. The first-order valence-corrected chi connectivity index (χ1v) is 16.7. The van der Waals surface area contributed by atoms with Crippen LogP contribution in [0.25, 0.3) is 0 Å². The first-order valence-electron chi connectivity index (χ1n) is 10.8. The lowest BCUT2D eigenvalue weighted by Crippen LogP contribution is -2.54. The van der Waals surface area contributed by atoms with Crippen molar-refractivity contribution in [3.8, 4) is 0 Å². The van der Waals surface area contributed by atoms with Crippen LogP contribution in [0.3, 0.4) is 0 Å². The summed E-state index contributed by atoms with van der Waals surface area (Å²) in [7, 11) is -4.54. The molecule has 4 atom stereocenters. The molecule has 0 aromatic carbocycles. The Morgan fingerprint density at radius 2 is 1.48 bits per heavy atom. The number of H-pyrrole nitrogens is 1. The maximum absolute atomic E-state index is 12.6. The fraction of sp³-hybridized carbons (Fsp3) is 0.810. The van der Waals surface area contributed by atoms with Crippen molar-refractivity contribution in [3.63, 3.8) is 0 Å². The van der Waals surface area contributed by atoms with Gasteiger partial charge in [0.1, 0.15) is 18.3 Å². The quantitative estimate of drug-likeness (QED) is 0.616. The lowest BCUT2D eigenvalue weighted by molar-refractivity contribution is -0.0529. The van der Waals surface area contributed by atoms with Gasteiger partial charge in [0.2, 0.25) is 0 Å². The summed E-state index contributed by atoms with van der Waals surface area (Å²) in [6.07, 6.45) is -1.19. The Labute approximate surface area is 187 Å². The molecule has 1 fully saturated rings. The average Bonchev–Trinajstić information content (AvgIpc) is 2.89. The molecular formula is C21H40N2O6Si2. The molecule has 0 bridgehead atoms. The third kappa shape index (κ3) is 5.48. The summed E-state index contributed by atoms with van der Waals surface area (Å²) < 4.78 is 21.0. The van der Waals surface area contributed by atoms with Crippen LogP contribution >= 0.6 is 0 Å². The number of rotatable bonds is 6. The fourth-order valence-electron chi connectivity index (χ4n) is 3.01. The molecule has 31 heavy (non-hydrogen) atoms. The molecule has 10 heteroatoms. The summed E-state index contributed by atoms with van der Waals surface area (Å²) in [5.41, 5.74) is -1.06. The fourth-order valence-corrected chi connectivity index (χ4v) is 5.61. The van der Waals surface area contributed by atoms with Gasteiger partial charge in [0.15, 0.2) is 22.9 Å². The van der Waals surface area contributed by atoms with Gasteiger partial charge in [0.25, 0.3) is 5.56 Å². The summed E-state index contributed by atoms with van der Waals surface area (Å²) in [5.74, 6) is 0. The number of nitrogens with one attached hydrogen (secondary N) is 1. The molecule has 0 aliphatic carbocycles. The van der Waals surface area contributed by atoms with E-state index in [4.69, 9.17) is 13.6 Å². The van der Waals surface area contributed by atoms with Crippen molar-refractivity contribution in [2.75, 3.05) is 6.61 Å². The van der Waals surface area contributed by atoms with Gasteiger partial charge in [-0.05, 0) is 36.3 Å². The van der Waals surface area contributed by atoms with Crippen LogP contribution in [0.2, 0.25) is 36.3 Å². The molecule has 4 unspecified atom stereocenters. The molecule has 8 nitrogen and oxygen atoms in total. The van der Waals surface area contributed by atoms with E-state index in [1.807, 2.05) is 0 Å². The van der Waals surface area contributed by atoms with Crippen LogP contribution in [0.1, 0.15) is 47.8 Å². The Hall–Kier alpha value is -1.05. The average molecular weight is 473 g/mol. The number of aromatic amines is 1. The van der Waals surface area contributed by atoms with Gasteiger partial charge in [-0.25, -0.2) is 4.79 Å². The van der Waals surface area contributed by atoms with E-state index in [0.717, 1.165) is 0 Å². The van der Waals surface area contributed by atoms with Crippen LogP contribution in [-0.2, 0) is 13.6 Å². The number of hydrogen-bond acceptors (Lipinski definition) is 6. The van der Waals surface area contributed by atoms with E-state index in [-0.39, 0.29) is 16.7 Å². The molecule has 178 valence electrons. The smallest absolute Gasteiger partial charge is 0.330 e.